The molecule has 0 spiro atoms. The van der Waals surface area contributed by atoms with Crippen molar-refractivity contribution >= 4 is 17.6 Å². The van der Waals surface area contributed by atoms with Gasteiger partial charge in [0.15, 0.2) is 5.76 Å². The summed E-state index contributed by atoms with van der Waals surface area (Å²) in [7, 11) is -7.22. The van der Waals surface area contributed by atoms with Crippen molar-refractivity contribution in [3.63, 3.8) is 0 Å². The molecule has 2 N–H and O–H groups in total. The first-order chi connectivity index (χ1) is 14.3. The van der Waals surface area contributed by atoms with Gasteiger partial charge in [-0.2, -0.15) is 0 Å². The highest BCUT2D eigenvalue weighted by Crippen LogP contribution is 2.51. The van der Waals surface area contributed by atoms with E-state index < -0.39 is 17.6 Å². The second-order valence-corrected chi connectivity index (χ2v) is 9.94. The molecule has 2 aromatic carbocycles. The summed E-state index contributed by atoms with van der Waals surface area (Å²) in [5, 5.41) is 5.17. The van der Waals surface area contributed by atoms with E-state index in [9.17, 15) is 13.0 Å². The minimum Gasteiger partial charge on any atom is -0.439 e. The molecule has 160 valence electrons. The van der Waals surface area contributed by atoms with Gasteiger partial charge in [-0.15, -0.1) is 0 Å². The summed E-state index contributed by atoms with van der Waals surface area (Å²) in [6, 6.07) is 15.3. The molecule has 0 saturated carbocycles. The van der Waals surface area contributed by atoms with Crippen LogP contribution in [0.2, 0.25) is 0 Å². The number of oxazole rings is 1. The lowest BCUT2D eigenvalue weighted by atomic mass is 10.1. The van der Waals surface area contributed by atoms with Gasteiger partial charge in [-0.25, -0.2) is 18.5 Å². The van der Waals surface area contributed by atoms with E-state index in [0.717, 1.165) is 5.56 Å². The summed E-state index contributed by atoms with van der Waals surface area (Å²) in [6.07, 6.45) is -0.121. The van der Waals surface area contributed by atoms with Gasteiger partial charge in [-0.3, -0.25) is 4.57 Å². The monoisotopic (exact) mass is 450 g/mol. The van der Waals surface area contributed by atoms with Gasteiger partial charge in [0.2, 0.25) is 15.9 Å². The molecule has 3 aromatic rings. The summed E-state index contributed by atoms with van der Waals surface area (Å²) < 4.78 is 52.6. The van der Waals surface area contributed by atoms with E-state index in [1.807, 2.05) is 30.3 Å². The third-order valence-electron chi connectivity index (χ3n) is 4.14. The molecule has 0 bridgehead atoms. The minimum atomic E-state index is -3.81. The fourth-order valence-corrected chi connectivity index (χ4v) is 4.93. The van der Waals surface area contributed by atoms with Gasteiger partial charge in [-0.05, 0) is 38.1 Å². The Bertz CT molecular complexity index is 1130. The molecule has 0 fully saturated rings. The Hall–Kier alpha value is -2.29. The van der Waals surface area contributed by atoms with Crippen molar-refractivity contribution in [2.45, 2.75) is 24.9 Å². The zero-order valence-electron chi connectivity index (χ0n) is 16.6. The van der Waals surface area contributed by atoms with Crippen LogP contribution in [0.1, 0.15) is 19.7 Å². The van der Waals surface area contributed by atoms with Crippen molar-refractivity contribution in [1.29, 1.82) is 0 Å². The molecule has 1 aromatic heterocycles. The van der Waals surface area contributed by atoms with Gasteiger partial charge in [0, 0.05) is 11.1 Å². The summed E-state index contributed by atoms with van der Waals surface area (Å²) in [6.45, 7) is 3.92. The van der Waals surface area contributed by atoms with E-state index in [1.165, 1.54) is 12.1 Å². The lowest BCUT2D eigenvalue weighted by molar-refractivity contribution is 0.217. The van der Waals surface area contributed by atoms with Crippen LogP contribution in [-0.2, 0) is 29.8 Å². The van der Waals surface area contributed by atoms with E-state index in [1.54, 1.807) is 26.0 Å². The molecule has 0 aliphatic carbocycles. The average molecular weight is 450 g/mol. The van der Waals surface area contributed by atoms with Gasteiger partial charge in [0.25, 0.3) is 0 Å². The Morgan fingerprint density at radius 3 is 2.10 bits per heavy atom. The molecule has 0 saturated heterocycles. The fraction of sp³-hybridized carbons (Fsp3) is 0.250. The number of nitrogens with two attached hydrogens (primary N) is 1. The number of sulfonamides is 1. The highest BCUT2D eigenvalue weighted by molar-refractivity contribution is 7.89. The molecular formula is C20H23N2O6PS. The second-order valence-electron chi connectivity index (χ2n) is 6.33. The van der Waals surface area contributed by atoms with E-state index in [-0.39, 0.29) is 30.2 Å². The Labute approximate surface area is 175 Å². The van der Waals surface area contributed by atoms with Crippen LogP contribution >= 0.6 is 7.60 Å². The lowest BCUT2D eigenvalue weighted by Crippen LogP contribution is -2.11. The van der Waals surface area contributed by atoms with E-state index in [2.05, 4.69) is 4.98 Å². The van der Waals surface area contributed by atoms with Crippen LogP contribution in [0.3, 0.4) is 0 Å². The lowest BCUT2D eigenvalue weighted by Gasteiger charge is -2.14. The van der Waals surface area contributed by atoms with Gasteiger partial charge in [0.1, 0.15) is 11.9 Å². The van der Waals surface area contributed by atoms with Crippen molar-refractivity contribution in [2.75, 3.05) is 13.2 Å². The van der Waals surface area contributed by atoms with Crippen LogP contribution in [0.5, 0.6) is 0 Å². The molecule has 0 atom stereocenters. The third kappa shape index (κ3) is 5.24. The normalized spacial score (nSPS) is 12.2. The fourth-order valence-electron chi connectivity index (χ4n) is 2.90. The highest BCUT2D eigenvalue weighted by atomic mass is 32.2. The summed E-state index contributed by atoms with van der Waals surface area (Å²) >= 11 is 0. The smallest absolute Gasteiger partial charge is 0.339 e. The number of aromatic nitrogens is 1. The Morgan fingerprint density at radius 1 is 0.967 bits per heavy atom. The van der Waals surface area contributed by atoms with Gasteiger partial charge in [-0.1, -0.05) is 30.3 Å². The standard InChI is InChI=1S/C20H23N2O6PS/c1-3-26-29(23,27-4-2)14-18-22-19(15-8-6-5-7-9-15)20(28-18)16-10-12-17(13-11-16)30(21,24)25/h5-13H,3-4,14H2,1-2H3,(H2,21,24,25). The van der Waals surface area contributed by atoms with E-state index in [0.29, 0.717) is 17.0 Å². The van der Waals surface area contributed by atoms with Crippen molar-refractivity contribution in [2.24, 2.45) is 5.14 Å². The molecule has 0 radical (unpaired) electrons. The molecule has 8 nitrogen and oxygen atoms in total. The number of rotatable bonds is 9. The van der Waals surface area contributed by atoms with Gasteiger partial charge in [0.05, 0.1) is 18.1 Å². The molecule has 30 heavy (non-hydrogen) atoms. The topological polar surface area (TPSA) is 122 Å². The third-order valence-corrected chi connectivity index (χ3v) is 7.03. The first-order valence-electron chi connectivity index (χ1n) is 9.32. The maximum absolute atomic E-state index is 12.9. The molecule has 0 amide bonds. The Morgan fingerprint density at radius 2 is 1.57 bits per heavy atom. The zero-order valence-corrected chi connectivity index (χ0v) is 18.4. The molecule has 0 unspecified atom stereocenters. The molecule has 3 rings (SSSR count). The summed E-state index contributed by atoms with van der Waals surface area (Å²) in [5.74, 6) is 0.612. The quantitative estimate of drug-likeness (QED) is 0.479. The van der Waals surface area contributed by atoms with Crippen LogP contribution in [-0.4, -0.2) is 26.6 Å². The Kier molecular flexibility index (Phi) is 6.90. The molecule has 0 aliphatic heterocycles. The zero-order chi connectivity index (χ0) is 21.8. The van der Waals surface area contributed by atoms with Crippen LogP contribution < -0.4 is 5.14 Å². The van der Waals surface area contributed by atoms with Crippen molar-refractivity contribution < 1.29 is 26.4 Å². The number of hydrogen-bond donors (Lipinski definition) is 1. The predicted molar refractivity (Wildman–Crippen MR) is 113 cm³/mol. The van der Waals surface area contributed by atoms with E-state index >= 15 is 0 Å². The number of primary sulfonamides is 1. The minimum absolute atomic E-state index is 0.00978. The highest BCUT2D eigenvalue weighted by Gasteiger charge is 2.29. The maximum atomic E-state index is 12.9. The largest absolute Gasteiger partial charge is 0.439 e. The Balaban J connectivity index is 2.06. The number of nitrogens with zero attached hydrogens (tertiary/aromatic N) is 1. The molecule has 10 heteroatoms. The predicted octanol–water partition coefficient (Wildman–Crippen LogP) is 4.42. The SMILES string of the molecule is CCOP(=O)(Cc1nc(-c2ccccc2)c(-c2ccc(S(N)(=O)=O)cc2)o1)OCC. The van der Waals surface area contributed by atoms with Crippen molar-refractivity contribution in [3.8, 4) is 22.6 Å². The van der Waals surface area contributed by atoms with Crippen LogP contribution in [0.15, 0.2) is 63.9 Å². The van der Waals surface area contributed by atoms with Crippen molar-refractivity contribution in [1.82, 2.24) is 4.98 Å². The number of hydrogen-bond acceptors (Lipinski definition) is 7. The first-order valence-corrected chi connectivity index (χ1v) is 12.6. The molecule has 1 heterocycles. The van der Waals surface area contributed by atoms with Crippen LogP contribution in [0.25, 0.3) is 22.6 Å². The average Bonchev–Trinajstić information content (AvgIpc) is 3.12. The summed E-state index contributed by atoms with van der Waals surface area (Å²) in [4.78, 5) is 4.53. The van der Waals surface area contributed by atoms with E-state index in [4.69, 9.17) is 18.6 Å². The summed E-state index contributed by atoms with van der Waals surface area (Å²) in [5.41, 5.74) is 1.93. The number of benzene rings is 2. The first kappa shape index (κ1) is 22.4. The van der Waals surface area contributed by atoms with Gasteiger partial charge < -0.3 is 13.5 Å². The van der Waals surface area contributed by atoms with Crippen LogP contribution in [0.4, 0.5) is 0 Å². The second kappa shape index (κ2) is 9.24. The van der Waals surface area contributed by atoms with Crippen molar-refractivity contribution in [3.05, 3.63) is 60.5 Å². The van der Waals surface area contributed by atoms with Gasteiger partial charge >= 0.3 is 7.60 Å². The molecule has 0 aliphatic rings. The molecular weight excluding hydrogens is 427 g/mol. The van der Waals surface area contributed by atoms with Crippen LogP contribution in [0, 0.1) is 0 Å². The maximum Gasteiger partial charge on any atom is 0.339 e.